The van der Waals surface area contributed by atoms with Crippen LogP contribution in [0.2, 0.25) is 0 Å². The van der Waals surface area contributed by atoms with Gasteiger partial charge in [0.1, 0.15) is 5.82 Å². The molecule has 1 aromatic carbocycles. The third-order valence-corrected chi connectivity index (χ3v) is 4.33. The van der Waals surface area contributed by atoms with Crippen LogP contribution in [0.1, 0.15) is 37.8 Å². The zero-order valence-electron chi connectivity index (χ0n) is 13.1. The van der Waals surface area contributed by atoms with Crippen LogP contribution in [0.15, 0.2) is 36.5 Å². The van der Waals surface area contributed by atoms with Crippen molar-refractivity contribution in [3.05, 3.63) is 47.9 Å². The van der Waals surface area contributed by atoms with E-state index in [2.05, 4.69) is 10.3 Å². The fourth-order valence-corrected chi connectivity index (χ4v) is 2.86. The first-order valence-corrected chi connectivity index (χ1v) is 7.87. The zero-order chi connectivity index (χ0) is 16.4. The van der Waals surface area contributed by atoms with E-state index in [1.54, 1.807) is 12.3 Å². The number of carbonyl (C=O) groups is 1. The average molecular weight is 313 g/mol. The van der Waals surface area contributed by atoms with Crippen molar-refractivity contribution in [1.29, 1.82) is 0 Å². The molecule has 5 heteroatoms. The number of benzene rings is 1. The highest BCUT2D eigenvalue weighted by atomic mass is 19.1. The van der Waals surface area contributed by atoms with Gasteiger partial charge in [-0.3, -0.25) is 9.78 Å². The van der Waals surface area contributed by atoms with Crippen molar-refractivity contribution in [2.24, 2.45) is 11.7 Å². The van der Waals surface area contributed by atoms with Gasteiger partial charge in [0, 0.05) is 23.7 Å². The highest BCUT2D eigenvalue weighted by molar-refractivity contribution is 5.96. The SMILES string of the molecule is C[C@@H]1CCC[C@H](N)c2ccnc(c2)-c2cc(F)ccc2NC1=O. The van der Waals surface area contributed by atoms with E-state index in [1.807, 2.05) is 19.1 Å². The first-order valence-electron chi connectivity index (χ1n) is 7.87. The maximum Gasteiger partial charge on any atom is 0.227 e. The lowest BCUT2D eigenvalue weighted by atomic mass is 9.95. The summed E-state index contributed by atoms with van der Waals surface area (Å²) in [5.41, 5.74) is 8.98. The second kappa shape index (κ2) is 6.46. The van der Waals surface area contributed by atoms with Gasteiger partial charge in [0.2, 0.25) is 5.91 Å². The Hall–Kier alpha value is -2.27. The van der Waals surface area contributed by atoms with Gasteiger partial charge in [-0.25, -0.2) is 4.39 Å². The maximum atomic E-state index is 13.7. The van der Waals surface area contributed by atoms with Crippen molar-refractivity contribution >= 4 is 11.6 Å². The molecule has 0 saturated carbocycles. The Bertz CT molecular complexity index is 732. The van der Waals surface area contributed by atoms with Crippen LogP contribution in [0.3, 0.4) is 0 Å². The number of halogens is 1. The van der Waals surface area contributed by atoms with E-state index in [4.69, 9.17) is 5.73 Å². The molecule has 0 radical (unpaired) electrons. The summed E-state index contributed by atoms with van der Waals surface area (Å²) in [6.45, 7) is 1.90. The highest BCUT2D eigenvalue weighted by Crippen LogP contribution is 2.31. The first kappa shape index (κ1) is 15.6. The smallest absolute Gasteiger partial charge is 0.227 e. The second-order valence-corrected chi connectivity index (χ2v) is 6.09. The van der Waals surface area contributed by atoms with Crippen LogP contribution in [0.4, 0.5) is 10.1 Å². The second-order valence-electron chi connectivity index (χ2n) is 6.09. The molecule has 2 atom stereocenters. The van der Waals surface area contributed by atoms with E-state index in [-0.39, 0.29) is 23.7 Å². The van der Waals surface area contributed by atoms with Gasteiger partial charge < -0.3 is 11.1 Å². The summed E-state index contributed by atoms with van der Waals surface area (Å²) in [6.07, 6.45) is 4.13. The summed E-state index contributed by atoms with van der Waals surface area (Å²) in [5, 5.41) is 2.90. The standard InChI is InChI=1S/C18H20FN3O/c1-11-3-2-4-15(20)12-7-8-21-17(9-12)14-10-13(19)5-6-16(14)22-18(11)23/h5-11,15H,2-4,20H2,1H3,(H,22,23)/t11-,15+/m1/s1. The molecule has 23 heavy (non-hydrogen) atoms. The van der Waals surface area contributed by atoms with Crippen molar-refractivity contribution < 1.29 is 9.18 Å². The quantitative estimate of drug-likeness (QED) is 0.780. The number of aromatic nitrogens is 1. The van der Waals surface area contributed by atoms with E-state index < -0.39 is 0 Å². The van der Waals surface area contributed by atoms with Crippen molar-refractivity contribution in [3.8, 4) is 11.3 Å². The molecule has 1 aromatic heterocycles. The number of nitrogens with two attached hydrogens (primary N) is 1. The van der Waals surface area contributed by atoms with E-state index in [0.29, 0.717) is 16.9 Å². The normalized spacial score (nSPS) is 21.6. The molecule has 2 aromatic rings. The maximum absolute atomic E-state index is 13.7. The monoisotopic (exact) mass is 313 g/mol. The van der Waals surface area contributed by atoms with Crippen LogP contribution in [-0.4, -0.2) is 10.9 Å². The van der Waals surface area contributed by atoms with Crippen molar-refractivity contribution in [2.75, 3.05) is 5.32 Å². The van der Waals surface area contributed by atoms with E-state index >= 15 is 0 Å². The fourth-order valence-electron chi connectivity index (χ4n) is 2.86. The third-order valence-electron chi connectivity index (χ3n) is 4.33. The van der Waals surface area contributed by atoms with Crippen LogP contribution in [0.25, 0.3) is 11.3 Å². The summed E-state index contributed by atoms with van der Waals surface area (Å²) >= 11 is 0. The number of carbonyl (C=O) groups excluding carboxylic acids is 1. The van der Waals surface area contributed by atoms with Gasteiger partial charge in [0.25, 0.3) is 0 Å². The van der Waals surface area contributed by atoms with Gasteiger partial charge in [-0.2, -0.15) is 0 Å². The lowest BCUT2D eigenvalue weighted by molar-refractivity contribution is -0.119. The van der Waals surface area contributed by atoms with Crippen LogP contribution in [0, 0.1) is 11.7 Å². The molecule has 1 amide bonds. The molecule has 0 aliphatic carbocycles. The average Bonchev–Trinajstić information content (AvgIpc) is 2.55. The molecule has 2 bridgehead atoms. The number of nitrogens with zero attached hydrogens (tertiary/aromatic N) is 1. The van der Waals surface area contributed by atoms with Crippen molar-refractivity contribution in [2.45, 2.75) is 32.2 Å². The largest absolute Gasteiger partial charge is 0.325 e. The Balaban J connectivity index is 2.12. The molecule has 120 valence electrons. The molecule has 2 heterocycles. The number of hydrogen-bond donors (Lipinski definition) is 2. The number of amides is 1. The predicted octanol–water partition coefficient (Wildman–Crippen LogP) is 3.65. The third kappa shape index (κ3) is 3.40. The number of pyridine rings is 1. The highest BCUT2D eigenvalue weighted by Gasteiger charge is 2.19. The number of fused-ring (bicyclic) bond motifs is 4. The molecule has 4 nitrogen and oxygen atoms in total. The number of anilines is 1. The molecule has 0 unspecified atom stereocenters. The molecule has 3 rings (SSSR count). The molecular weight excluding hydrogens is 293 g/mol. The number of hydrogen-bond acceptors (Lipinski definition) is 3. The lowest BCUT2D eigenvalue weighted by Gasteiger charge is -2.19. The van der Waals surface area contributed by atoms with Gasteiger partial charge in [0.05, 0.1) is 11.4 Å². The summed E-state index contributed by atoms with van der Waals surface area (Å²) < 4.78 is 13.7. The van der Waals surface area contributed by atoms with E-state index in [0.717, 1.165) is 24.8 Å². The Kier molecular flexibility index (Phi) is 4.39. The minimum absolute atomic E-state index is 0.0665. The van der Waals surface area contributed by atoms with Crippen LogP contribution < -0.4 is 11.1 Å². The Morgan fingerprint density at radius 3 is 2.91 bits per heavy atom. The van der Waals surface area contributed by atoms with Crippen LogP contribution >= 0.6 is 0 Å². The predicted molar refractivity (Wildman–Crippen MR) is 88.2 cm³/mol. The summed E-state index contributed by atoms with van der Waals surface area (Å²) in [7, 11) is 0. The van der Waals surface area contributed by atoms with Gasteiger partial charge in [-0.15, -0.1) is 0 Å². The molecule has 1 aliphatic heterocycles. The fraction of sp³-hybridized carbons (Fsp3) is 0.333. The summed E-state index contributed by atoms with van der Waals surface area (Å²) in [6, 6.07) is 7.97. The number of rotatable bonds is 0. The van der Waals surface area contributed by atoms with Crippen LogP contribution in [-0.2, 0) is 4.79 Å². The van der Waals surface area contributed by atoms with Gasteiger partial charge in [0.15, 0.2) is 0 Å². The Labute approximate surface area is 134 Å². The topological polar surface area (TPSA) is 68.0 Å². The van der Waals surface area contributed by atoms with Gasteiger partial charge in [-0.1, -0.05) is 13.3 Å². The summed E-state index contributed by atoms with van der Waals surface area (Å²) in [4.78, 5) is 16.7. The number of nitrogens with one attached hydrogen (secondary N) is 1. The summed E-state index contributed by atoms with van der Waals surface area (Å²) in [5.74, 6) is -0.552. The molecule has 0 saturated heterocycles. The van der Waals surface area contributed by atoms with E-state index in [9.17, 15) is 9.18 Å². The molecule has 0 spiro atoms. The molecule has 1 aliphatic rings. The van der Waals surface area contributed by atoms with Crippen LogP contribution in [0.5, 0.6) is 0 Å². The molecular formula is C18H20FN3O. The van der Waals surface area contributed by atoms with Gasteiger partial charge in [-0.05, 0) is 48.7 Å². The van der Waals surface area contributed by atoms with Crippen molar-refractivity contribution in [3.63, 3.8) is 0 Å². The first-order chi connectivity index (χ1) is 11.0. The Morgan fingerprint density at radius 1 is 1.26 bits per heavy atom. The molecule has 3 N–H and O–H groups in total. The van der Waals surface area contributed by atoms with Crippen molar-refractivity contribution in [1.82, 2.24) is 4.98 Å². The zero-order valence-corrected chi connectivity index (χ0v) is 13.1. The van der Waals surface area contributed by atoms with Gasteiger partial charge >= 0.3 is 0 Å². The lowest BCUT2D eigenvalue weighted by Crippen LogP contribution is -2.22. The minimum atomic E-state index is -0.366. The van der Waals surface area contributed by atoms with E-state index in [1.165, 1.54) is 12.1 Å². The molecule has 0 fully saturated rings. The minimum Gasteiger partial charge on any atom is -0.325 e. The Morgan fingerprint density at radius 2 is 2.09 bits per heavy atom.